The number of hydrogen-bond donors (Lipinski definition) is 1. The molecule has 0 spiro atoms. The number of nitrogens with zero attached hydrogens (tertiary/aromatic N) is 2. The highest BCUT2D eigenvalue weighted by Crippen LogP contribution is 2.32. The van der Waals surface area contributed by atoms with Crippen molar-refractivity contribution in [1.82, 2.24) is 5.32 Å². The molecule has 0 unspecified atom stereocenters. The van der Waals surface area contributed by atoms with Gasteiger partial charge in [-0.05, 0) is 59.8 Å². The number of benzene rings is 2. The number of aliphatic imine (C=N–C) groups is 1. The van der Waals surface area contributed by atoms with Gasteiger partial charge >= 0.3 is 0 Å². The Morgan fingerprint density at radius 3 is 2.74 bits per heavy atom. The smallest absolute Gasteiger partial charge is 0.264 e. The summed E-state index contributed by atoms with van der Waals surface area (Å²) in [5, 5.41) is 11.7. The Bertz CT molecular complexity index is 965. The molecule has 0 aliphatic carbocycles. The topological polar surface area (TPSA) is 83.7 Å². The minimum Gasteiger partial charge on any atom is -0.493 e. The molecule has 2 aromatic rings. The molecule has 6 nitrogen and oxygen atoms in total. The minimum absolute atomic E-state index is 0.0851. The lowest BCUT2D eigenvalue weighted by Gasteiger charge is -2.08. The summed E-state index contributed by atoms with van der Waals surface area (Å²) in [6.07, 6.45) is 1.70. The monoisotopic (exact) mass is 383 g/mol. The molecule has 1 aliphatic rings. The average molecular weight is 383 g/mol. The van der Waals surface area contributed by atoms with Gasteiger partial charge in [0.15, 0.2) is 23.3 Å². The van der Waals surface area contributed by atoms with Crippen molar-refractivity contribution in [1.29, 1.82) is 5.26 Å². The third kappa shape index (κ3) is 4.65. The zero-order chi connectivity index (χ0) is 19.2. The maximum absolute atomic E-state index is 13.0. The van der Waals surface area contributed by atoms with Crippen LogP contribution in [0.2, 0.25) is 0 Å². The first-order chi connectivity index (χ1) is 13.1. The van der Waals surface area contributed by atoms with Crippen molar-refractivity contribution in [2.24, 2.45) is 4.99 Å². The highest BCUT2D eigenvalue weighted by molar-refractivity contribution is 8.18. The second kappa shape index (κ2) is 8.38. The summed E-state index contributed by atoms with van der Waals surface area (Å²) in [5.74, 6) is 0.287. The molecule has 1 amide bonds. The van der Waals surface area contributed by atoms with E-state index in [9.17, 15) is 9.18 Å². The van der Waals surface area contributed by atoms with E-state index in [1.165, 1.54) is 43.1 Å². The van der Waals surface area contributed by atoms with E-state index in [4.69, 9.17) is 14.7 Å². The van der Waals surface area contributed by atoms with E-state index in [0.29, 0.717) is 27.3 Å². The van der Waals surface area contributed by atoms with Gasteiger partial charge in [-0.15, -0.1) is 0 Å². The standard InChI is InChI=1S/C19H14FN3O3S/c1-25-16-10-12(2-7-15(16)26-9-8-21)11-17-18(24)23-19(27-17)22-14-5-3-13(20)4-6-14/h2-7,10-11H,9H2,1H3,(H,22,23,24)/b17-11-. The Labute approximate surface area is 159 Å². The molecule has 27 heavy (non-hydrogen) atoms. The number of carbonyl (C=O) groups is 1. The highest BCUT2D eigenvalue weighted by Gasteiger charge is 2.24. The van der Waals surface area contributed by atoms with Gasteiger partial charge in [-0.1, -0.05) is 6.07 Å². The van der Waals surface area contributed by atoms with Gasteiger partial charge in [0.1, 0.15) is 11.9 Å². The summed E-state index contributed by atoms with van der Waals surface area (Å²) in [4.78, 5) is 16.9. The van der Waals surface area contributed by atoms with E-state index in [-0.39, 0.29) is 18.3 Å². The molecular weight excluding hydrogens is 369 g/mol. The van der Waals surface area contributed by atoms with Gasteiger partial charge in [-0.25, -0.2) is 9.38 Å². The van der Waals surface area contributed by atoms with Crippen LogP contribution in [0.15, 0.2) is 52.4 Å². The molecule has 0 saturated carbocycles. The molecule has 1 saturated heterocycles. The highest BCUT2D eigenvalue weighted by atomic mass is 32.2. The fourth-order valence-corrected chi connectivity index (χ4v) is 3.11. The van der Waals surface area contributed by atoms with Crippen LogP contribution in [0.3, 0.4) is 0 Å². The van der Waals surface area contributed by atoms with Crippen molar-refractivity contribution in [3.05, 3.63) is 58.8 Å². The van der Waals surface area contributed by atoms with Gasteiger partial charge in [0, 0.05) is 0 Å². The fraction of sp³-hybridized carbons (Fsp3) is 0.105. The second-order valence-electron chi connectivity index (χ2n) is 5.32. The molecule has 136 valence electrons. The van der Waals surface area contributed by atoms with Crippen LogP contribution in [0.5, 0.6) is 11.5 Å². The molecule has 0 aromatic heterocycles. The van der Waals surface area contributed by atoms with Gasteiger partial charge in [0.05, 0.1) is 17.7 Å². The minimum atomic E-state index is -0.348. The average Bonchev–Trinajstić information content (AvgIpc) is 3.01. The van der Waals surface area contributed by atoms with E-state index in [1.807, 2.05) is 6.07 Å². The first kappa shape index (κ1) is 18.5. The summed E-state index contributed by atoms with van der Waals surface area (Å²) in [7, 11) is 1.50. The normalized spacial score (nSPS) is 16.3. The summed E-state index contributed by atoms with van der Waals surface area (Å²) >= 11 is 1.19. The maximum Gasteiger partial charge on any atom is 0.264 e. The van der Waals surface area contributed by atoms with E-state index < -0.39 is 0 Å². The van der Waals surface area contributed by atoms with Crippen molar-refractivity contribution >= 4 is 34.6 Å². The Hall–Kier alpha value is -3.31. The zero-order valence-electron chi connectivity index (χ0n) is 14.2. The Morgan fingerprint density at radius 1 is 1.26 bits per heavy atom. The number of carbonyl (C=O) groups excluding carboxylic acids is 1. The molecular formula is C19H14FN3O3S. The van der Waals surface area contributed by atoms with Gasteiger partial charge in [0.25, 0.3) is 5.91 Å². The first-order valence-corrected chi connectivity index (χ1v) is 8.63. The van der Waals surface area contributed by atoms with Gasteiger partial charge < -0.3 is 14.8 Å². The molecule has 0 bridgehead atoms. The van der Waals surface area contributed by atoms with Crippen LogP contribution in [0.4, 0.5) is 10.1 Å². The van der Waals surface area contributed by atoms with Crippen LogP contribution in [0.25, 0.3) is 6.08 Å². The van der Waals surface area contributed by atoms with Crippen LogP contribution >= 0.6 is 11.8 Å². The van der Waals surface area contributed by atoms with Crippen molar-refractivity contribution in [3.63, 3.8) is 0 Å². The number of hydrogen-bond acceptors (Lipinski definition) is 6. The van der Waals surface area contributed by atoms with Crippen LogP contribution < -0.4 is 14.8 Å². The molecule has 2 aromatic carbocycles. The quantitative estimate of drug-likeness (QED) is 0.797. The molecule has 0 radical (unpaired) electrons. The van der Waals surface area contributed by atoms with E-state index in [0.717, 1.165) is 5.56 Å². The number of thioether (sulfide) groups is 1. The number of nitrogens with one attached hydrogen (secondary N) is 1. The Morgan fingerprint density at radius 2 is 2.04 bits per heavy atom. The number of amides is 1. The summed E-state index contributed by atoms with van der Waals surface area (Å²) in [6.45, 7) is -0.0851. The summed E-state index contributed by atoms with van der Waals surface area (Å²) in [6, 6.07) is 12.7. The lowest BCUT2D eigenvalue weighted by atomic mass is 10.2. The molecule has 1 aliphatic heterocycles. The third-order valence-corrected chi connectivity index (χ3v) is 4.40. The SMILES string of the molecule is COc1cc(/C=C2\SC(=Nc3ccc(F)cc3)NC2=O)ccc1OCC#N. The summed E-state index contributed by atoms with van der Waals surface area (Å²) in [5.41, 5.74) is 1.28. The fourth-order valence-electron chi connectivity index (χ4n) is 2.27. The number of ether oxygens (including phenoxy) is 2. The molecule has 0 atom stereocenters. The summed E-state index contributed by atoms with van der Waals surface area (Å²) < 4.78 is 23.5. The maximum atomic E-state index is 13.0. The number of amidine groups is 1. The van der Waals surface area contributed by atoms with Gasteiger partial charge in [-0.3, -0.25) is 4.79 Å². The zero-order valence-corrected chi connectivity index (χ0v) is 15.0. The van der Waals surface area contributed by atoms with E-state index in [2.05, 4.69) is 10.3 Å². The number of methoxy groups -OCH3 is 1. The number of nitriles is 1. The van der Waals surface area contributed by atoms with Crippen molar-refractivity contribution in [2.45, 2.75) is 0 Å². The molecule has 1 heterocycles. The van der Waals surface area contributed by atoms with Crippen LogP contribution in [-0.2, 0) is 4.79 Å². The Balaban J connectivity index is 1.80. The lowest BCUT2D eigenvalue weighted by Crippen LogP contribution is -2.19. The van der Waals surface area contributed by atoms with E-state index in [1.54, 1.807) is 24.3 Å². The van der Waals surface area contributed by atoms with Crippen molar-refractivity contribution in [2.75, 3.05) is 13.7 Å². The molecule has 8 heteroatoms. The van der Waals surface area contributed by atoms with Crippen LogP contribution in [0.1, 0.15) is 5.56 Å². The Kier molecular flexibility index (Phi) is 5.74. The first-order valence-electron chi connectivity index (χ1n) is 7.82. The van der Waals surface area contributed by atoms with Gasteiger partial charge in [-0.2, -0.15) is 5.26 Å². The second-order valence-corrected chi connectivity index (χ2v) is 6.35. The number of halogens is 1. The van der Waals surface area contributed by atoms with Crippen LogP contribution in [-0.4, -0.2) is 24.8 Å². The largest absolute Gasteiger partial charge is 0.493 e. The lowest BCUT2D eigenvalue weighted by molar-refractivity contribution is -0.115. The molecule has 1 fully saturated rings. The third-order valence-electron chi connectivity index (χ3n) is 3.49. The van der Waals surface area contributed by atoms with Crippen molar-refractivity contribution < 1.29 is 18.7 Å². The number of rotatable bonds is 5. The molecule has 1 N–H and O–H groups in total. The van der Waals surface area contributed by atoms with E-state index >= 15 is 0 Å². The van der Waals surface area contributed by atoms with Gasteiger partial charge in [0.2, 0.25) is 0 Å². The van der Waals surface area contributed by atoms with Crippen LogP contribution in [0, 0.1) is 17.1 Å². The predicted octanol–water partition coefficient (Wildman–Crippen LogP) is 3.63. The van der Waals surface area contributed by atoms with Crippen molar-refractivity contribution in [3.8, 4) is 17.6 Å². The predicted molar refractivity (Wildman–Crippen MR) is 101 cm³/mol. The molecule has 3 rings (SSSR count).